The zero-order chi connectivity index (χ0) is 8.23. The van der Waals surface area contributed by atoms with Gasteiger partial charge in [-0.2, -0.15) is 0 Å². The van der Waals surface area contributed by atoms with E-state index >= 15 is 0 Å². The molecule has 1 aromatic heterocycles. The zero-order valence-corrected chi connectivity index (χ0v) is 6.59. The number of hydrogen-bond acceptors (Lipinski definition) is 3. The number of nitrogens with zero attached hydrogens (tertiary/aromatic N) is 3. The van der Waals surface area contributed by atoms with Gasteiger partial charge in [-0.25, -0.2) is 4.98 Å². The molecule has 12 heavy (non-hydrogen) atoms. The summed E-state index contributed by atoms with van der Waals surface area (Å²) in [7, 11) is 0. The Kier molecular flexibility index (Phi) is 1.86. The van der Waals surface area contributed by atoms with Crippen molar-refractivity contribution in [3.63, 3.8) is 0 Å². The molecule has 0 aromatic carbocycles. The average molecular weight is 159 g/mol. The summed E-state index contributed by atoms with van der Waals surface area (Å²) >= 11 is 0. The van der Waals surface area contributed by atoms with E-state index in [1.807, 2.05) is 35.4 Å². The van der Waals surface area contributed by atoms with Gasteiger partial charge in [0.25, 0.3) is 0 Å². The lowest BCUT2D eigenvalue weighted by molar-refractivity contribution is 1.14. The molecule has 3 nitrogen and oxygen atoms in total. The minimum absolute atomic E-state index is 0.767. The first-order chi connectivity index (χ1) is 5.97. The molecular formula is C9H9N3. The van der Waals surface area contributed by atoms with Crippen molar-refractivity contribution in [1.29, 1.82) is 0 Å². The number of aliphatic imine (C=N–C) groups is 1. The van der Waals surface area contributed by atoms with Gasteiger partial charge in [0.1, 0.15) is 5.82 Å². The molecule has 0 radical (unpaired) electrons. The minimum Gasteiger partial charge on any atom is -0.293 e. The van der Waals surface area contributed by atoms with Crippen LogP contribution in [0.25, 0.3) is 0 Å². The van der Waals surface area contributed by atoms with Gasteiger partial charge in [0.15, 0.2) is 0 Å². The van der Waals surface area contributed by atoms with Crippen LogP contribution in [-0.4, -0.2) is 17.9 Å². The Hall–Kier alpha value is -1.64. The second-order valence-electron chi connectivity index (χ2n) is 2.46. The molecule has 2 rings (SSSR count). The lowest BCUT2D eigenvalue weighted by Crippen LogP contribution is -2.17. The van der Waals surface area contributed by atoms with E-state index in [0.29, 0.717) is 0 Å². The van der Waals surface area contributed by atoms with Crippen LogP contribution < -0.4 is 4.90 Å². The molecule has 1 aromatic rings. The van der Waals surface area contributed by atoms with Gasteiger partial charge in [-0.15, -0.1) is 0 Å². The molecule has 0 spiro atoms. The van der Waals surface area contributed by atoms with Gasteiger partial charge in [-0.3, -0.25) is 9.89 Å². The maximum Gasteiger partial charge on any atom is 0.137 e. The molecule has 0 bridgehead atoms. The third kappa shape index (κ3) is 1.34. The molecule has 60 valence electrons. The topological polar surface area (TPSA) is 28.5 Å². The third-order valence-electron chi connectivity index (χ3n) is 1.60. The number of anilines is 1. The molecule has 0 saturated carbocycles. The first-order valence-electron chi connectivity index (χ1n) is 3.83. The second kappa shape index (κ2) is 3.17. The predicted molar refractivity (Wildman–Crippen MR) is 49.2 cm³/mol. The quantitative estimate of drug-likeness (QED) is 0.620. The van der Waals surface area contributed by atoms with Gasteiger partial charge in [0, 0.05) is 12.4 Å². The summed E-state index contributed by atoms with van der Waals surface area (Å²) in [5.74, 6) is 0.900. The zero-order valence-electron chi connectivity index (χ0n) is 6.59. The lowest BCUT2D eigenvalue weighted by atomic mass is 10.4. The van der Waals surface area contributed by atoms with Crippen LogP contribution in [0.3, 0.4) is 0 Å². The van der Waals surface area contributed by atoms with Crippen LogP contribution in [0.5, 0.6) is 0 Å². The Morgan fingerprint density at radius 3 is 3.00 bits per heavy atom. The van der Waals surface area contributed by atoms with Crippen molar-refractivity contribution in [1.82, 2.24) is 4.98 Å². The molecule has 0 unspecified atom stereocenters. The summed E-state index contributed by atoms with van der Waals surface area (Å²) in [4.78, 5) is 10.2. The first-order valence-corrected chi connectivity index (χ1v) is 3.83. The van der Waals surface area contributed by atoms with Crippen LogP contribution in [0.1, 0.15) is 0 Å². The van der Waals surface area contributed by atoms with Gasteiger partial charge < -0.3 is 0 Å². The summed E-state index contributed by atoms with van der Waals surface area (Å²) in [6.07, 6.45) is 7.51. The Morgan fingerprint density at radius 1 is 1.33 bits per heavy atom. The normalized spacial score (nSPS) is 15.2. The van der Waals surface area contributed by atoms with Crippen molar-refractivity contribution in [2.24, 2.45) is 4.99 Å². The van der Waals surface area contributed by atoms with E-state index in [-0.39, 0.29) is 0 Å². The van der Waals surface area contributed by atoms with E-state index in [2.05, 4.69) is 9.98 Å². The number of rotatable bonds is 1. The molecule has 1 aliphatic rings. The fourth-order valence-corrected chi connectivity index (χ4v) is 1.04. The molecule has 0 N–H and O–H groups in total. The molecule has 1 aliphatic heterocycles. The van der Waals surface area contributed by atoms with Crippen molar-refractivity contribution in [2.45, 2.75) is 0 Å². The SMILES string of the molecule is C1=CN(c2ccccn2)C=NC1. The van der Waals surface area contributed by atoms with Gasteiger partial charge in [0.05, 0.1) is 12.9 Å². The third-order valence-corrected chi connectivity index (χ3v) is 1.60. The van der Waals surface area contributed by atoms with Crippen molar-refractivity contribution in [3.8, 4) is 0 Å². The molecular weight excluding hydrogens is 150 g/mol. The van der Waals surface area contributed by atoms with Crippen LogP contribution in [0.15, 0.2) is 41.7 Å². The number of aromatic nitrogens is 1. The highest BCUT2D eigenvalue weighted by atomic mass is 15.2. The summed E-state index contributed by atoms with van der Waals surface area (Å²) in [5.41, 5.74) is 0. The summed E-state index contributed by atoms with van der Waals surface area (Å²) < 4.78 is 0. The fraction of sp³-hybridized carbons (Fsp3) is 0.111. The lowest BCUT2D eigenvalue weighted by Gasteiger charge is -2.14. The van der Waals surface area contributed by atoms with E-state index in [1.54, 1.807) is 12.5 Å². The fourth-order valence-electron chi connectivity index (χ4n) is 1.04. The minimum atomic E-state index is 0.767. The van der Waals surface area contributed by atoms with E-state index in [4.69, 9.17) is 0 Å². The van der Waals surface area contributed by atoms with Crippen molar-refractivity contribution in [2.75, 3.05) is 11.4 Å². The second-order valence-corrected chi connectivity index (χ2v) is 2.46. The first kappa shape index (κ1) is 7.03. The highest BCUT2D eigenvalue weighted by molar-refractivity contribution is 5.80. The predicted octanol–water partition coefficient (Wildman–Crippen LogP) is 1.44. The molecule has 3 heteroatoms. The molecule has 0 amide bonds. The summed E-state index contributed by atoms with van der Waals surface area (Å²) in [6, 6.07) is 5.80. The Morgan fingerprint density at radius 2 is 2.33 bits per heavy atom. The average Bonchev–Trinajstić information content (AvgIpc) is 2.21. The van der Waals surface area contributed by atoms with E-state index in [9.17, 15) is 0 Å². The highest BCUT2D eigenvalue weighted by Crippen LogP contribution is 2.08. The van der Waals surface area contributed by atoms with Crippen molar-refractivity contribution in [3.05, 3.63) is 36.7 Å². The Balaban J connectivity index is 2.25. The van der Waals surface area contributed by atoms with Gasteiger partial charge in [-0.05, 0) is 18.2 Å². The summed E-state index contributed by atoms with van der Waals surface area (Å²) in [6.45, 7) is 0.767. The van der Waals surface area contributed by atoms with Crippen LogP contribution >= 0.6 is 0 Å². The highest BCUT2D eigenvalue weighted by Gasteiger charge is 2.01. The van der Waals surface area contributed by atoms with Crippen molar-refractivity contribution < 1.29 is 0 Å². The summed E-state index contributed by atoms with van der Waals surface area (Å²) in [5, 5.41) is 0. The van der Waals surface area contributed by atoms with Crippen LogP contribution in [0.2, 0.25) is 0 Å². The van der Waals surface area contributed by atoms with E-state index < -0.39 is 0 Å². The molecule has 0 atom stereocenters. The Bertz CT molecular complexity index is 291. The van der Waals surface area contributed by atoms with Crippen LogP contribution in [0.4, 0.5) is 5.82 Å². The largest absolute Gasteiger partial charge is 0.293 e. The van der Waals surface area contributed by atoms with E-state index in [0.717, 1.165) is 12.4 Å². The Labute approximate surface area is 71.1 Å². The van der Waals surface area contributed by atoms with Gasteiger partial charge in [-0.1, -0.05) is 6.07 Å². The van der Waals surface area contributed by atoms with Crippen LogP contribution in [-0.2, 0) is 0 Å². The molecule has 0 aliphatic carbocycles. The van der Waals surface area contributed by atoms with Gasteiger partial charge >= 0.3 is 0 Å². The standard InChI is InChI=1S/C9H9N3/c1-2-6-11-9(4-1)12-7-3-5-10-8-12/h1-4,6-8H,5H2. The smallest absolute Gasteiger partial charge is 0.137 e. The molecule has 0 saturated heterocycles. The molecule has 2 heterocycles. The van der Waals surface area contributed by atoms with E-state index in [1.165, 1.54) is 0 Å². The number of pyridine rings is 1. The molecule has 0 fully saturated rings. The maximum absolute atomic E-state index is 4.19. The van der Waals surface area contributed by atoms with Gasteiger partial charge in [0.2, 0.25) is 0 Å². The van der Waals surface area contributed by atoms with Crippen molar-refractivity contribution >= 4 is 12.2 Å². The number of hydrogen-bond donors (Lipinski definition) is 0. The van der Waals surface area contributed by atoms with Crippen LogP contribution in [0, 0.1) is 0 Å². The maximum atomic E-state index is 4.19. The monoisotopic (exact) mass is 159 g/mol.